The number of amides is 1. The first-order chi connectivity index (χ1) is 9.47. The largest absolute Gasteiger partial charge is 0.322 e. The highest BCUT2D eigenvalue weighted by Gasteiger charge is 2.16. The van der Waals surface area contributed by atoms with Gasteiger partial charge >= 0.3 is 0 Å². The molecule has 0 aliphatic rings. The third kappa shape index (κ3) is 3.10. The number of hydrogen-bond donors (Lipinski definition) is 1. The zero-order valence-electron chi connectivity index (χ0n) is 9.97. The molecule has 0 spiro atoms. The van der Waals surface area contributed by atoms with Crippen molar-refractivity contribution in [1.29, 1.82) is 0 Å². The van der Waals surface area contributed by atoms with E-state index >= 15 is 0 Å². The predicted octanol–water partition coefficient (Wildman–Crippen LogP) is 3.64. The van der Waals surface area contributed by atoms with E-state index in [0.717, 1.165) is 12.1 Å². The van der Waals surface area contributed by atoms with Crippen LogP contribution in [0.25, 0.3) is 0 Å². The number of carbonyl (C=O) groups excluding carboxylic acids is 1. The van der Waals surface area contributed by atoms with E-state index in [9.17, 15) is 19.3 Å². The number of nitrogens with one attached hydrogen (secondary N) is 1. The molecule has 7 heteroatoms. The molecule has 20 heavy (non-hydrogen) atoms. The number of nitro benzene ring substituents is 1. The van der Waals surface area contributed by atoms with Gasteiger partial charge in [0.25, 0.3) is 11.6 Å². The molecule has 0 atom stereocenters. The minimum atomic E-state index is -0.960. The lowest BCUT2D eigenvalue weighted by Crippen LogP contribution is -2.13. The standard InChI is InChI=1S/C13H8ClFN2O3/c14-8-2-1-3-9(6-8)16-13(18)11-5-4-10(17(19)20)7-12(11)15/h1-7H,(H,16,18). The monoisotopic (exact) mass is 294 g/mol. The summed E-state index contributed by atoms with van der Waals surface area (Å²) in [6.07, 6.45) is 0. The SMILES string of the molecule is O=C(Nc1cccc(Cl)c1)c1ccc([N+](=O)[O-])cc1F. The van der Waals surface area contributed by atoms with E-state index < -0.39 is 22.3 Å². The lowest BCUT2D eigenvalue weighted by atomic mass is 10.1. The number of nitro groups is 1. The Hall–Kier alpha value is -2.47. The molecule has 1 N–H and O–H groups in total. The maximum atomic E-state index is 13.7. The van der Waals surface area contributed by atoms with Gasteiger partial charge in [-0.05, 0) is 24.3 Å². The van der Waals surface area contributed by atoms with Gasteiger partial charge in [0.05, 0.1) is 16.6 Å². The van der Waals surface area contributed by atoms with Crippen molar-refractivity contribution in [3.8, 4) is 0 Å². The zero-order valence-corrected chi connectivity index (χ0v) is 10.7. The first kappa shape index (κ1) is 14.0. The second-order valence-electron chi connectivity index (χ2n) is 3.89. The van der Waals surface area contributed by atoms with Crippen molar-refractivity contribution in [1.82, 2.24) is 0 Å². The van der Waals surface area contributed by atoms with Gasteiger partial charge in [0, 0.05) is 16.8 Å². The van der Waals surface area contributed by atoms with Gasteiger partial charge in [-0.15, -0.1) is 0 Å². The lowest BCUT2D eigenvalue weighted by molar-refractivity contribution is -0.385. The van der Waals surface area contributed by atoms with Crippen LogP contribution in [0.5, 0.6) is 0 Å². The zero-order chi connectivity index (χ0) is 14.7. The van der Waals surface area contributed by atoms with Gasteiger partial charge in [-0.1, -0.05) is 17.7 Å². The van der Waals surface area contributed by atoms with E-state index in [1.165, 1.54) is 6.07 Å². The number of benzene rings is 2. The van der Waals surface area contributed by atoms with Crippen molar-refractivity contribution in [2.75, 3.05) is 5.32 Å². The fourth-order valence-electron chi connectivity index (χ4n) is 1.57. The van der Waals surface area contributed by atoms with E-state index in [4.69, 9.17) is 11.6 Å². The quantitative estimate of drug-likeness (QED) is 0.694. The summed E-state index contributed by atoms with van der Waals surface area (Å²) >= 11 is 5.76. The highest BCUT2D eigenvalue weighted by molar-refractivity contribution is 6.30. The van der Waals surface area contributed by atoms with E-state index in [2.05, 4.69) is 5.32 Å². The Bertz CT molecular complexity index is 691. The Kier molecular flexibility index (Phi) is 3.95. The molecule has 0 heterocycles. The molecule has 0 bridgehead atoms. The summed E-state index contributed by atoms with van der Waals surface area (Å²) < 4.78 is 13.7. The van der Waals surface area contributed by atoms with Crippen LogP contribution in [0.2, 0.25) is 5.02 Å². The Morgan fingerprint density at radius 1 is 1.25 bits per heavy atom. The normalized spacial score (nSPS) is 10.1. The maximum Gasteiger partial charge on any atom is 0.272 e. The summed E-state index contributed by atoms with van der Waals surface area (Å²) in [5, 5.41) is 13.4. The number of anilines is 1. The van der Waals surface area contributed by atoms with Crippen molar-refractivity contribution >= 4 is 28.9 Å². The Labute approximate surface area is 118 Å². The number of non-ortho nitro benzene ring substituents is 1. The highest BCUT2D eigenvalue weighted by atomic mass is 35.5. The first-order valence-electron chi connectivity index (χ1n) is 5.48. The Morgan fingerprint density at radius 3 is 2.60 bits per heavy atom. The van der Waals surface area contributed by atoms with E-state index in [1.807, 2.05) is 0 Å². The highest BCUT2D eigenvalue weighted by Crippen LogP contribution is 2.19. The molecule has 0 radical (unpaired) electrons. The number of hydrogen-bond acceptors (Lipinski definition) is 3. The van der Waals surface area contributed by atoms with Crippen LogP contribution < -0.4 is 5.32 Å². The van der Waals surface area contributed by atoms with Crippen LogP contribution in [0.1, 0.15) is 10.4 Å². The minimum absolute atomic E-state index is 0.282. The van der Waals surface area contributed by atoms with E-state index in [1.54, 1.807) is 18.2 Å². The van der Waals surface area contributed by atoms with Gasteiger partial charge in [-0.25, -0.2) is 4.39 Å². The molecule has 5 nitrogen and oxygen atoms in total. The molecule has 2 aromatic carbocycles. The first-order valence-corrected chi connectivity index (χ1v) is 5.86. The van der Waals surface area contributed by atoms with Crippen LogP contribution in [-0.2, 0) is 0 Å². The van der Waals surface area contributed by atoms with Gasteiger partial charge < -0.3 is 5.32 Å². The average Bonchev–Trinajstić information content (AvgIpc) is 2.38. The summed E-state index contributed by atoms with van der Waals surface area (Å²) in [6.45, 7) is 0. The molecule has 0 saturated heterocycles. The van der Waals surface area contributed by atoms with Gasteiger partial charge in [0.2, 0.25) is 0 Å². The van der Waals surface area contributed by atoms with Crippen LogP contribution in [0.3, 0.4) is 0 Å². The average molecular weight is 295 g/mol. The van der Waals surface area contributed by atoms with Crippen LogP contribution in [0.15, 0.2) is 42.5 Å². The molecular formula is C13H8ClFN2O3. The molecular weight excluding hydrogens is 287 g/mol. The topological polar surface area (TPSA) is 72.2 Å². The van der Waals surface area contributed by atoms with Crippen molar-refractivity contribution < 1.29 is 14.1 Å². The third-order valence-corrected chi connectivity index (χ3v) is 2.73. The van der Waals surface area contributed by atoms with Crippen LogP contribution in [0.4, 0.5) is 15.8 Å². The predicted molar refractivity (Wildman–Crippen MR) is 72.5 cm³/mol. The van der Waals surface area contributed by atoms with Crippen molar-refractivity contribution in [3.05, 3.63) is 69.0 Å². The molecule has 2 rings (SSSR count). The summed E-state index contributed by atoms with van der Waals surface area (Å²) in [4.78, 5) is 21.6. The summed E-state index contributed by atoms with van der Waals surface area (Å²) in [7, 11) is 0. The van der Waals surface area contributed by atoms with Crippen LogP contribution >= 0.6 is 11.6 Å². The fourth-order valence-corrected chi connectivity index (χ4v) is 1.76. The number of carbonyl (C=O) groups is 1. The van der Waals surface area contributed by atoms with Gasteiger partial charge in [-0.2, -0.15) is 0 Å². The smallest absolute Gasteiger partial charge is 0.272 e. The van der Waals surface area contributed by atoms with Crippen molar-refractivity contribution in [2.24, 2.45) is 0 Å². The molecule has 102 valence electrons. The molecule has 0 aromatic heterocycles. The summed E-state index contributed by atoms with van der Waals surface area (Å²) in [5.74, 6) is -1.67. The van der Waals surface area contributed by atoms with Crippen LogP contribution in [0, 0.1) is 15.9 Å². The third-order valence-electron chi connectivity index (χ3n) is 2.49. The van der Waals surface area contributed by atoms with E-state index in [-0.39, 0.29) is 5.56 Å². The summed E-state index contributed by atoms with van der Waals surface area (Å²) in [5.41, 5.74) is -0.294. The van der Waals surface area contributed by atoms with Crippen molar-refractivity contribution in [3.63, 3.8) is 0 Å². The Morgan fingerprint density at radius 2 is 2.00 bits per heavy atom. The molecule has 2 aromatic rings. The lowest BCUT2D eigenvalue weighted by Gasteiger charge is -2.06. The van der Waals surface area contributed by atoms with Crippen LogP contribution in [-0.4, -0.2) is 10.8 Å². The van der Waals surface area contributed by atoms with E-state index in [0.29, 0.717) is 16.8 Å². The molecule has 0 aliphatic carbocycles. The second-order valence-corrected chi connectivity index (χ2v) is 4.32. The Balaban J connectivity index is 2.23. The molecule has 1 amide bonds. The number of nitrogens with zero attached hydrogens (tertiary/aromatic N) is 1. The summed E-state index contributed by atoms with van der Waals surface area (Å²) in [6, 6.07) is 9.18. The van der Waals surface area contributed by atoms with Crippen molar-refractivity contribution in [2.45, 2.75) is 0 Å². The molecule has 0 saturated carbocycles. The van der Waals surface area contributed by atoms with Gasteiger partial charge in [-0.3, -0.25) is 14.9 Å². The number of halogens is 2. The molecule has 0 aliphatic heterocycles. The fraction of sp³-hybridized carbons (Fsp3) is 0. The minimum Gasteiger partial charge on any atom is -0.322 e. The maximum absolute atomic E-state index is 13.7. The molecule has 0 unspecified atom stereocenters. The molecule has 0 fully saturated rings. The van der Waals surface area contributed by atoms with Gasteiger partial charge in [0.15, 0.2) is 0 Å². The van der Waals surface area contributed by atoms with Gasteiger partial charge in [0.1, 0.15) is 5.82 Å². The second kappa shape index (κ2) is 5.66. The number of rotatable bonds is 3.